The molecule has 2 aromatic rings. The predicted molar refractivity (Wildman–Crippen MR) is 75.5 cm³/mol. The molecule has 0 aliphatic carbocycles. The maximum absolute atomic E-state index is 10.9. The number of aromatic nitrogens is 2. The van der Waals surface area contributed by atoms with Crippen LogP contribution in [0.2, 0.25) is 0 Å². The van der Waals surface area contributed by atoms with Crippen LogP contribution in [0.4, 0.5) is 5.82 Å². The zero-order valence-corrected chi connectivity index (χ0v) is 12.1. The number of furan rings is 1. The van der Waals surface area contributed by atoms with Crippen LogP contribution in [0, 0.1) is 6.92 Å². The molecule has 21 heavy (non-hydrogen) atoms. The first-order chi connectivity index (χ1) is 9.95. The number of aromatic carboxylic acids is 1. The molecular formula is C14H17N3O4. The van der Waals surface area contributed by atoms with Crippen molar-refractivity contribution < 1.29 is 19.1 Å². The molecule has 0 saturated carbocycles. The lowest BCUT2D eigenvalue weighted by Gasteiger charge is -2.09. The third-order valence-corrected chi connectivity index (χ3v) is 2.64. The molecule has 0 spiro atoms. The number of aryl methyl sites for hydroxylation is 1. The zero-order valence-electron chi connectivity index (χ0n) is 12.1. The Labute approximate surface area is 122 Å². The van der Waals surface area contributed by atoms with Crippen LogP contribution < -0.4 is 10.1 Å². The Kier molecular flexibility index (Phi) is 4.42. The van der Waals surface area contributed by atoms with Crippen molar-refractivity contribution >= 4 is 11.8 Å². The summed E-state index contributed by atoms with van der Waals surface area (Å²) in [5.41, 5.74) is 0.165. The molecular weight excluding hydrogens is 274 g/mol. The van der Waals surface area contributed by atoms with Crippen molar-refractivity contribution in [1.82, 2.24) is 9.97 Å². The first-order valence-corrected chi connectivity index (χ1v) is 6.51. The lowest BCUT2D eigenvalue weighted by Crippen LogP contribution is -2.08. The smallest absolute Gasteiger partial charge is 0.339 e. The van der Waals surface area contributed by atoms with E-state index in [0.29, 0.717) is 29.8 Å². The quantitative estimate of drug-likeness (QED) is 0.843. The fourth-order valence-electron chi connectivity index (χ4n) is 1.76. The molecule has 0 aliphatic heterocycles. The van der Waals surface area contributed by atoms with Gasteiger partial charge in [0.05, 0.1) is 12.6 Å². The minimum atomic E-state index is -1.00. The Balaban J connectivity index is 2.03. The average Bonchev–Trinajstić information content (AvgIpc) is 2.77. The molecule has 0 unspecified atom stereocenters. The van der Waals surface area contributed by atoms with E-state index < -0.39 is 5.97 Å². The maximum Gasteiger partial charge on any atom is 0.339 e. The molecule has 2 N–H and O–H groups in total. The van der Waals surface area contributed by atoms with Gasteiger partial charge >= 0.3 is 5.97 Å². The van der Waals surface area contributed by atoms with Gasteiger partial charge in [-0.2, -0.15) is 0 Å². The number of carboxylic acids is 1. The van der Waals surface area contributed by atoms with Crippen molar-refractivity contribution in [2.75, 3.05) is 5.32 Å². The Morgan fingerprint density at radius 2 is 2.19 bits per heavy atom. The second-order valence-electron chi connectivity index (χ2n) is 4.75. The minimum Gasteiger partial charge on any atom is -0.478 e. The number of hydrogen-bond donors (Lipinski definition) is 2. The monoisotopic (exact) mass is 291 g/mol. The van der Waals surface area contributed by atoms with Gasteiger partial charge in [0.1, 0.15) is 29.2 Å². The predicted octanol–water partition coefficient (Wildman–Crippen LogP) is 2.48. The van der Waals surface area contributed by atoms with Gasteiger partial charge in [-0.1, -0.05) is 0 Å². The Morgan fingerprint density at radius 3 is 2.81 bits per heavy atom. The SMILES string of the molecule is Cc1oc(CNc2cc(OC(C)C)ncn2)cc1C(=O)O. The molecule has 0 amide bonds. The molecule has 2 rings (SSSR count). The molecule has 0 aliphatic rings. The highest BCUT2D eigenvalue weighted by atomic mass is 16.5. The number of nitrogens with one attached hydrogen (secondary N) is 1. The van der Waals surface area contributed by atoms with Gasteiger partial charge in [0.15, 0.2) is 0 Å². The molecule has 2 heterocycles. The summed E-state index contributed by atoms with van der Waals surface area (Å²) in [6.07, 6.45) is 1.43. The molecule has 0 radical (unpaired) electrons. The van der Waals surface area contributed by atoms with Crippen LogP contribution in [0.3, 0.4) is 0 Å². The maximum atomic E-state index is 10.9. The number of carboxylic acid groups (broad SMARTS) is 1. The molecule has 0 fully saturated rings. The third-order valence-electron chi connectivity index (χ3n) is 2.64. The van der Waals surface area contributed by atoms with E-state index in [1.807, 2.05) is 13.8 Å². The van der Waals surface area contributed by atoms with Gasteiger partial charge < -0.3 is 19.6 Å². The van der Waals surface area contributed by atoms with Crippen LogP contribution >= 0.6 is 0 Å². The van der Waals surface area contributed by atoms with Crippen LogP contribution in [-0.2, 0) is 6.54 Å². The van der Waals surface area contributed by atoms with Crippen molar-refractivity contribution in [3.05, 3.63) is 35.5 Å². The van der Waals surface area contributed by atoms with E-state index in [-0.39, 0.29) is 11.7 Å². The summed E-state index contributed by atoms with van der Waals surface area (Å²) in [7, 11) is 0. The number of hydrogen-bond acceptors (Lipinski definition) is 6. The fraction of sp³-hybridized carbons (Fsp3) is 0.357. The third kappa shape index (κ3) is 3.95. The normalized spacial score (nSPS) is 10.7. The van der Waals surface area contributed by atoms with Crippen molar-refractivity contribution in [2.24, 2.45) is 0 Å². The summed E-state index contributed by atoms with van der Waals surface area (Å²) in [4.78, 5) is 19.0. The Hall–Kier alpha value is -2.57. The second-order valence-corrected chi connectivity index (χ2v) is 4.75. The summed E-state index contributed by atoms with van der Waals surface area (Å²) in [5.74, 6) is 0.953. The summed E-state index contributed by atoms with van der Waals surface area (Å²) < 4.78 is 10.8. The molecule has 0 bridgehead atoms. The van der Waals surface area contributed by atoms with E-state index in [2.05, 4.69) is 15.3 Å². The number of anilines is 1. The summed E-state index contributed by atoms with van der Waals surface area (Å²) in [5, 5.41) is 12.0. The van der Waals surface area contributed by atoms with Gasteiger partial charge in [-0.15, -0.1) is 0 Å². The van der Waals surface area contributed by atoms with Gasteiger partial charge in [0.2, 0.25) is 5.88 Å². The first-order valence-electron chi connectivity index (χ1n) is 6.51. The van der Waals surface area contributed by atoms with Crippen LogP contribution in [0.1, 0.15) is 35.7 Å². The molecule has 2 aromatic heterocycles. The van der Waals surface area contributed by atoms with Crippen molar-refractivity contribution in [1.29, 1.82) is 0 Å². The molecule has 0 aromatic carbocycles. The van der Waals surface area contributed by atoms with E-state index in [1.54, 1.807) is 13.0 Å². The van der Waals surface area contributed by atoms with Crippen molar-refractivity contribution in [3.8, 4) is 5.88 Å². The molecule has 7 nitrogen and oxygen atoms in total. The van der Waals surface area contributed by atoms with Gasteiger partial charge in [0, 0.05) is 6.07 Å². The summed E-state index contributed by atoms with van der Waals surface area (Å²) in [6, 6.07) is 3.17. The van der Waals surface area contributed by atoms with Gasteiger partial charge in [-0.05, 0) is 26.8 Å². The highest BCUT2D eigenvalue weighted by Gasteiger charge is 2.13. The zero-order chi connectivity index (χ0) is 15.4. The Bertz CT molecular complexity index is 637. The second kappa shape index (κ2) is 6.25. The van der Waals surface area contributed by atoms with Crippen molar-refractivity contribution in [2.45, 2.75) is 33.4 Å². The summed E-state index contributed by atoms with van der Waals surface area (Å²) >= 11 is 0. The lowest BCUT2D eigenvalue weighted by atomic mass is 10.2. The van der Waals surface area contributed by atoms with E-state index in [9.17, 15) is 4.79 Å². The fourth-order valence-corrected chi connectivity index (χ4v) is 1.76. The number of carbonyl (C=O) groups is 1. The van der Waals surface area contributed by atoms with E-state index in [1.165, 1.54) is 12.4 Å². The van der Waals surface area contributed by atoms with Gasteiger partial charge in [0.25, 0.3) is 0 Å². The number of nitrogens with zero attached hydrogens (tertiary/aromatic N) is 2. The Morgan fingerprint density at radius 1 is 1.43 bits per heavy atom. The van der Waals surface area contributed by atoms with E-state index >= 15 is 0 Å². The molecule has 7 heteroatoms. The largest absolute Gasteiger partial charge is 0.478 e. The average molecular weight is 291 g/mol. The summed E-state index contributed by atoms with van der Waals surface area (Å²) in [6.45, 7) is 5.76. The minimum absolute atomic E-state index is 0.0265. The van der Waals surface area contributed by atoms with E-state index in [4.69, 9.17) is 14.3 Å². The number of rotatable bonds is 6. The standard InChI is InChI=1S/C14H17N3O4/c1-8(2)20-13-5-12(16-7-17-13)15-6-10-4-11(14(18)19)9(3)21-10/h4-5,7-8H,6H2,1-3H3,(H,18,19)(H,15,16,17). The first kappa shape index (κ1) is 14.8. The lowest BCUT2D eigenvalue weighted by molar-refractivity contribution is 0.0695. The highest BCUT2D eigenvalue weighted by Crippen LogP contribution is 2.17. The number of ether oxygens (including phenoxy) is 1. The van der Waals surface area contributed by atoms with Crippen molar-refractivity contribution in [3.63, 3.8) is 0 Å². The van der Waals surface area contributed by atoms with Gasteiger partial charge in [-0.25, -0.2) is 14.8 Å². The van der Waals surface area contributed by atoms with Crippen LogP contribution in [0.25, 0.3) is 0 Å². The molecule has 0 saturated heterocycles. The van der Waals surface area contributed by atoms with Gasteiger partial charge in [-0.3, -0.25) is 0 Å². The molecule has 112 valence electrons. The van der Waals surface area contributed by atoms with Crippen LogP contribution in [0.15, 0.2) is 22.9 Å². The highest BCUT2D eigenvalue weighted by molar-refractivity contribution is 5.88. The van der Waals surface area contributed by atoms with E-state index in [0.717, 1.165) is 0 Å². The molecule has 0 atom stereocenters. The van der Waals surface area contributed by atoms with Crippen LogP contribution in [-0.4, -0.2) is 27.1 Å². The van der Waals surface area contributed by atoms with Crippen LogP contribution in [0.5, 0.6) is 5.88 Å². The topological polar surface area (TPSA) is 97.5 Å².